The molecule has 0 saturated carbocycles. The first-order chi connectivity index (χ1) is 13.0. The Kier molecular flexibility index (Phi) is 6.70. The second kappa shape index (κ2) is 9.18. The average Bonchev–Trinajstić information content (AvgIpc) is 2.69. The van der Waals surface area contributed by atoms with Crippen LogP contribution in [0.4, 0.5) is 11.4 Å². The van der Waals surface area contributed by atoms with Crippen molar-refractivity contribution >= 4 is 23.3 Å². The molecule has 0 unspecified atom stereocenters. The number of para-hydroxylation sites is 1. The van der Waals surface area contributed by atoms with E-state index in [1.165, 1.54) is 19.2 Å². The summed E-state index contributed by atoms with van der Waals surface area (Å²) in [5.74, 6) is -0.716. The number of esters is 1. The summed E-state index contributed by atoms with van der Waals surface area (Å²) in [6.07, 6.45) is 0. The zero-order valence-electron chi connectivity index (χ0n) is 14.9. The highest BCUT2D eigenvalue weighted by atomic mass is 16.6. The van der Waals surface area contributed by atoms with E-state index in [1.807, 2.05) is 12.1 Å². The summed E-state index contributed by atoms with van der Waals surface area (Å²) in [5, 5.41) is 16.2. The SMILES string of the molecule is CNc1ccc([N+](=O)[O-])cc1C(=O)OCC(=O)NCc1ccccc1OC. The third kappa shape index (κ3) is 5.18. The number of methoxy groups -OCH3 is 1. The Labute approximate surface area is 155 Å². The van der Waals surface area contributed by atoms with Crippen molar-refractivity contribution in [3.63, 3.8) is 0 Å². The normalized spacial score (nSPS) is 10.0. The predicted octanol–water partition coefficient (Wildman–Crippen LogP) is 2.12. The lowest BCUT2D eigenvalue weighted by Gasteiger charge is -2.11. The van der Waals surface area contributed by atoms with Gasteiger partial charge in [-0.25, -0.2) is 4.79 Å². The van der Waals surface area contributed by atoms with Crippen molar-refractivity contribution in [1.29, 1.82) is 0 Å². The number of amides is 1. The maximum atomic E-state index is 12.2. The quantitative estimate of drug-likeness (QED) is 0.413. The van der Waals surface area contributed by atoms with Gasteiger partial charge in [0.25, 0.3) is 11.6 Å². The van der Waals surface area contributed by atoms with Gasteiger partial charge < -0.3 is 20.1 Å². The Hall–Kier alpha value is -3.62. The van der Waals surface area contributed by atoms with Crippen LogP contribution >= 0.6 is 0 Å². The van der Waals surface area contributed by atoms with Gasteiger partial charge in [-0.05, 0) is 12.1 Å². The van der Waals surface area contributed by atoms with Crippen molar-refractivity contribution in [2.24, 2.45) is 0 Å². The summed E-state index contributed by atoms with van der Waals surface area (Å²) in [5.41, 5.74) is 0.863. The number of anilines is 1. The molecule has 0 aromatic heterocycles. The van der Waals surface area contributed by atoms with Gasteiger partial charge in [-0.15, -0.1) is 0 Å². The maximum absolute atomic E-state index is 12.2. The van der Waals surface area contributed by atoms with Crippen LogP contribution in [0.15, 0.2) is 42.5 Å². The number of benzene rings is 2. The Morgan fingerprint density at radius 2 is 1.93 bits per heavy atom. The second-order valence-corrected chi connectivity index (χ2v) is 5.40. The lowest BCUT2D eigenvalue weighted by atomic mass is 10.1. The minimum Gasteiger partial charge on any atom is -0.496 e. The fourth-order valence-corrected chi connectivity index (χ4v) is 2.34. The Balaban J connectivity index is 1.96. The molecular formula is C18H19N3O6. The standard InChI is InChI=1S/C18H19N3O6/c1-19-15-8-7-13(21(24)25)9-14(15)18(23)27-11-17(22)20-10-12-5-3-4-6-16(12)26-2/h3-9,19H,10-11H2,1-2H3,(H,20,22). The van der Waals surface area contributed by atoms with Crippen molar-refractivity contribution in [2.45, 2.75) is 6.54 Å². The van der Waals surface area contributed by atoms with Gasteiger partial charge in [-0.1, -0.05) is 18.2 Å². The first-order valence-electron chi connectivity index (χ1n) is 7.98. The summed E-state index contributed by atoms with van der Waals surface area (Å²) in [7, 11) is 3.10. The number of hydrogen-bond donors (Lipinski definition) is 2. The van der Waals surface area contributed by atoms with Gasteiger partial charge in [-0.2, -0.15) is 0 Å². The zero-order chi connectivity index (χ0) is 19.8. The molecule has 1 amide bonds. The molecule has 2 N–H and O–H groups in total. The first-order valence-corrected chi connectivity index (χ1v) is 7.98. The van der Waals surface area contributed by atoms with Gasteiger partial charge in [0.2, 0.25) is 0 Å². The fourth-order valence-electron chi connectivity index (χ4n) is 2.34. The van der Waals surface area contributed by atoms with Crippen LogP contribution in [0.2, 0.25) is 0 Å². The van der Waals surface area contributed by atoms with E-state index >= 15 is 0 Å². The number of carbonyl (C=O) groups is 2. The zero-order valence-corrected chi connectivity index (χ0v) is 14.9. The number of carbonyl (C=O) groups excluding carboxylic acids is 2. The summed E-state index contributed by atoms with van der Waals surface area (Å²) in [6, 6.07) is 11.0. The summed E-state index contributed by atoms with van der Waals surface area (Å²) in [6.45, 7) is -0.307. The number of ether oxygens (including phenoxy) is 2. The van der Waals surface area contributed by atoms with Crippen LogP contribution < -0.4 is 15.4 Å². The summed E-state index contributed by atoms with van der Waals surface area (Å²) >= 11 is 0. The maximum Gasteiger partial charge on any atom is 0.341 e. The Bertz CT molecular complexity index is 853. The number of non-ortho nitro benzene ring substituents is 1. The number of rotatable bonds is 8. The minimum atomic E-state index is -0.838. The summed E-state index contributed by atoms with van der Waals surface area (Å²) < 4.78 is 10.2. The molecular weight excluding hydrogens is 354 g/mol. The number of nitrogens with zero attached hydrogens (tertiary/aromatic N) is 1. The molecule has 142 valence electrons. The lowest BCUT2D eigenvalue weighted by Crippen LogP contribution is -2.28. The highest BCUT2D eigenvalue weighted by molar-refractivity contribution is 5.97. The van der Waals surface area contributed by atoms with Crippen LogP contribution in [-0.4, -0.2) is 37.6 Å². The minimum absolute atomic E-state index is 0.0239. The smallest absolute Gasteiger partial charge is 0.341 e. The van der Waals surface area contributed by atoms with Gasteiger partial charge in [0, 0.05) is 37.0 Å². The van der Waals surface area contributed by atoms with Crippen molar-refractivity contribution in [2.75, 3.05) is 26.1 Å². The van der Waals surface area contributed by atoms with E-state index in [1.54, 1.807) is 19.2 Å². The van der Waals surface area contributed by atoms with Crippen molar-refractivity contribution in [3.8, 4) is 5.75 Å². The third-order valence-electron chi connectivity index (χ3n) is 3.71. The predicted molar refractivity (Wildman–Crippen MR) is 97.8 cm³/mol. The summed E-state index contributed by atoms with van der Waals surface area (Å²) in [4.78, 5) is 34.4. The van der Waals surface area contributed by atoms with E-state index in [0.717, 1.165) is 11.6 Å². The highest BCUT2D eigenvalue weighted by Crippen LogP contribution is 2.22. The highest BCUT2D eigenvalue weighted by Gasteiger charge is 2.18. The van der Waals surface area contributed by atoms with Crippen molar-refractivity contribution in [1.82, 2.24) is 5.32 Å². The second-order valence-electron chi connectivity index (χ2n) is 5.40. The molecule has 0 aliphatic carbocycles. The van der Waals surface area contributed by atoms with Crippen LogP contribution in [0.25, 0.3) is 0 Å². The van der Waals surface area contributed by atoms with Crippen LogP contribution in [0.3, 0.4) is 0 Å². The largest absolute Gasteiger partial charge is 0.496 e. The Morgan fingerprint density at radius 3 is 2.59 bits per heavy atom. The molecule has 0 aliphatic heterocycles. The van der Waals surface area contributed by atoms with Crippen LogP contribution in [0, 0.1) is 10.1 Å². The Morgan fingerprint density at radius 1 is 1.19 bits per heavy atom. The molecule has 2 aromatic rings. The lowest BCUT2D eigenvalue weighted by molar-refractivity contribution is -0.384. The monoisotopic (exact) mass is 373 g/mol. The van der Waals surface area contributed by atoms with E-state index in [2.05, 4.69) is 10.6 Å². The van der Waals surface area contributed by atoms with Crippen LogP contribution in [-0.2, 0) is 16.1 Å². The molecule has 0 bridgehead atoms. The molecule has 9 nitrogen and oxygen atoms in total. The molecule has 2 rings (SSSR count). The van der Waals surface area contributed by atoms with Gasteiger partial charge in [0.05, 0.1) is 17.6 Å². The molecule has 2 aromatic carbocycles. The molecule has 0 heterocycles. The number of nitrogens with one attached hydrogen (secondary N) is 2. The molecule has 0 spiro atoms. The van der Waals surface area contributed by atoms with Crippen molar-refractivity contribution < 1.29 is 24.0 Å². The molecule has 9 heteroatoms. The van der Waals surface area contributed by atoms with Gasteiger partial charge in [0.1, 0.15) is 5.75 Å². The van der Waals surface area contributed by atoms with Gasteiger partial charge in [-0.3, -0.25) is 14.9 Å². The van der Waals surface area contributed by atoms with Gasteiger partial charge in [0.15, 0.2) is 6.61 Å². The molecule has 0 saturated heterocycles. The number of nitro benzene ring substituents is 1. The molecule has 0 aliphatic rings. The average molecular weight is 373 g/mol. The van der Waals surface area contributed by atoms with Crippen LogP contribution in [0.5, 0.6) is 5.75 Å². The fraction of sp³-hybridized carbons (Fsp3) is 0.222. The van der Waals surface area contributed by atoms with Crippen LogP contribution in [0.1, 0.15) is 15.9 Å². The molecule has 0 fully saturated rings. The van der Waals surface area contributed by atoms with E-state index in [-0.39, 0.29) is 17.8 Å². The number of nitro groups is 1. The molecule has 0 atom stereocenters. The number of hydrogen-bond acceptors (Lipinski definition) is 7. The van der Waals surface area contributed by atoms with E-state index in [4.69, 9.17) is 9.47 Å². The van der Waals surface area contributed by atoms with Crippen molar-refractivity contribution in [3.05, 3.63) is 63.7 Å². The van der Waals surface area contributed by atoms with E-state index in [9.17, 15) is 19.7 Å². The van der Waals surface area contributed by atoms with Gasteiger partial charge >= 0.3 is 5.97 Å². The third-order valence-corrected chi connectivity index (χ3v) is 3.71. The molecule has 27 heavy (non-hydrogen) atoms. The van der Waals surface area contributed by atoms with E-state index in [0.29, 0.717) is 11.4 Å². The molecule has 0 radical (unpaired) electrons. The first kappa shape index (κ1) is 19.7. The van der Waals surface area contributed by atoms with E-state index < -0.39 is 23.4 Å². The topological polar surface area (TPSA) is 120 Å².